The van der Waals surface area contributed by atoms with Crippen molar-refractivity contribution in [1.82, 2.24) is 4.90 Å². The summed E-state index contributed by atoms with van der Waals surface area (Å²) < 4.78 is 6.53. The minimum absolute atomic E-state index is 0.0532. The number of nitrogens with zero attached hydrogens (tertiary/aromatic N) is 2. The quantitative estimate of drug-likeness (QED) is 0.599. The maximum Gasteiger partial charge on any atom is 0.338 e. The van der Waals surface area contributed by atoms with Crippen LogP contribution < -0.4 is 0 Å². The zero-order valence-electron chi connectivity index (χ0n) is 16.0. The van der Waals surface area contributed by atoms with Gasteiger partial charge in [-0.2, -0.15) is 0 Å². The lowest BCUT2D eigenvalue weighted by molar-refractivity contribution is -0.141. The third-order valence-electron chi connectivity index (χ3n) is 4.88. The zero-order valence-corrected chi connectivity index (χ0v) is 18.4. The Morgan fingerprint density at radius 3 is 2.55 bits per heavy atom. The van der Waals surface area contributed by atoms with E-state index in [-0.39, 0.29) is 17.8 Å². The van der Waals surface area contributed by atoms with E-state index in [1.165, 1.54) is 11.8 Å². The Labute approximate surface area is 182 Å². The summed E-state index contributed by atoms with van der Waals surface area (Å²) in [6, 6.07) is 16.6. The molecule has 2 aliphatic rings. The fourth-order valence-electron chi connectivity index (χ4n) is 3.43. The largest absolute Gasteiger partial charge is 0.457 e. The second-order valence-corrected chi connectivity index (χ2v) is 9.10. The number of amidine groups is 1. The van der Waals surface area contributed by atoms with Gasteiger partial charge in [-0.05, 0) is 37.1 Å². The number of fused-ring (bicyclic) bond motifs is 1. The fourth-order valence-corrected chi connectivity index (χ4v) is 4.72. The summed E-state index contributed by atoms with van der Waals surface area (Å²) in [5.41, 5.74) is 2.72. The molecule has 2 atom stereocenters. The molecule has 2 aromatic carbocycles. The van der Waals surface area contributed by atoms with E-state index < -0.39 is 12.0 Å². The molecule has 29 heavy (non-hydrogen) atoms. The Bertz CT molecular complexity index is 1020. The second kappa shape index (κ2) is 8.16. The van der Waals surface area contributed by atoms with Crippen LogP contribution in [0.3, 0.4) is 0 Å². The summed E-state index contributed by atoms with van der Waals surface area (Å²) >= 11 is 4.86. The van der Waals surface area contributed by atoms with Gasteiger partial charge in [0.15, 0.2) is 5.17 Å². The Balaban J connectivity index is 1.71. The van der Waals surface area contributed by atoms with Crippen molar-refractivity contribution in [2.75, 3.05) is 0 Å². The van der Waals surface area contributed by atoms with Crippen LogP contribution in [0.1, 0.15) is 31.0 Å². The van der Waals surface area contributed by atoms with Crippen LogP contribution in [0, 0.1) is 0 Å². The Morgan fingerprint density at radius 1 is 1.17 bits per heavy atom. The molecule has 0 spiro atoms. The van der Waals surface area contributed by atoms with E-state index in [4.69, 9.17) is 4.74 Å². The van der Waals surface area contributed by atoms with Crippen molar-refractivity contribution in [3.63, 3.8) is 0 Å². The summed E-state index contributed by atoms with van der Waals surface area (Å²) in [7, 11) is 0. The van der Waals surface area contributed by atoms with Crippen LogP contribution >= 0.6 is 27.7 Å². The lowest BCUT2D eigenvalue weighted by Gasteiger charge is -2.33. The minimum atomic E-state index is -0.552. The van der Waals surface area contributed by atoms with E-state index in [0.29, 0.717) is 16.4 Å². The number of benzene rings is 2. The molecule has 5 nitrogen and oxygen atoms in total. The number of rotatable bonds is 4. The van der Waals surface area contributed by atoms with Crippen LogP contribution in [0.2, 0.25) is 0 Å². The summed E-state index contributed by atoms with van der Waals surface area (Å²) in [5, 5.41) is 0.395. The van der Waals surface area contributed by atoms with Crippen molar-refractivity contribution in [2.45, 2.75) is 31.7 Å². The average Bonchev–Trinajstić information content (AvgIpc) is 3.00. The number of halogens is 1. The molecule has 1 saturated heterocycles. The molecule has 0 aliphatic carbocycles. The number of amides is 1. The van der Waals surface area contributed by atoms with E-state index in [0.717, 1.165) is 15.6 Å². The van der Waals surface area contributed by atoms with Crippen molar-refractivity contribution in [3.05, 3.63) is 81.5 Å². The van der Waals surface area contributed by atoms with Crippen LogP contribution in [-0.2, 0) is 20.9 Å². The third-order valence-corrected chi connectivity index (χ3v) is 6.46. The molecule has 2 aliphatic heterocycles. The normalized spacial score (nSPS) is 21.1. The summed E-state index contributed by atoms with van der Waals surface area (Å²) in [4.78, 5) is 32.2. The molecule has 0 N–H and O–H groups in total. The van der Waals surface area contributed by atoms with Gasteiger partial charge in [0.2, 0.25) is 5.91 Å². The highest BCUT2D eigenvalue weighted by atomic mass is 79.9. The minimum Gasteiger partial charge on any atom is -0.457 e. The molecule has 0 bridgehead atoms. The smallest absolute Gasteiger partial charge is 0.338 e. The van der Waals surface area contributed by atoms with Gasteiger partial charge >= 0.3 is 5.97 Å². The standard InChI is InChI=1S/C22H19BrN2O3S/c1-13-18(21(27)28-12-15-6-4-3-5-7-15)19(16-8-10-17(23)11-9-16)25-20(26)14(2)29-22(25)24-13/h3-11,14,19H,12H2,1-2H3/t14-,19-/m1/s1. The van der Waals surface area contributed by atoms with Crippen molar-refractivity contribution in [3.8, 4) is 0 Å². The van der Waals surface area contributed by atoms with Crippen LogP contribution in [-0.4, -0.2) is 27.2 Å². The summed E-state index contributed by atoms with van der Waals surface area (Å²) in [6.07, 6.45) is 0. The lowest BCUT2D eigenvalue weighted by Crippen LogP contribution is -2.40. The van der Waals surface area contributed by atoms with E-state index in [9.17, 15) is 9.59 Å². The third kappa shape index (κ3) is 3.89. The van der Waals surface area contributed by atoms with Crippen LogP contribution in [0.4, 0.5) is 0 Å². The first-order valence-electron chi connectivity index (χ1n) is 9.21. The number of esters is 1. The first-order chi connectivity index (χ1) is 14.0. The average molecular weight is 471 g/mol. The van der Waals surface area contributed by atoms with Gasteiger partial charge in [0.25, 0.3) is 0 Å². The maximum atomic E-state index is 13.1. The molecule has 1 amide bonds. The highest BCUT2D eigenvalue weighted by Crippen LogP contribution is 2.43. The number of hydrogen-bond donors (Lipinski definition) is 0. The van der Waals surface area contributed by atoms with Gasteiger partial charge in [-0.15, -0.1) is 0 Å². The van der Waals surface area contributed by atoms with E-state index >= 15 is 0 Å². The Hall–Kier alpha value is -2.38. The number of ether oxygens (including phenoxy) is 1. The number of allylic oxidation sites excluding steroid dienone is 1. The van der Waals surface area contributed by atoms with Crippen LogP contribution in [0.25, 0.3) is 0 Å². The molecular weight excluding hydrogens is 452 g/mol. The first kappa shape index (κ1) is 19.9. The van der Waals surface area contributed by atoms with Gasteiger partial charge in [0, 0.05) is 4.47 Å². The SMILES string of the molecule is CC1=C(C(=O)OCc2ccccc2)[C@@H](c2ccc(Br)cc2)N2C(=O)[C@@H](C)SC2=N1. The highest BCUT2D eigenvalue weighted by Gasteiger charge is 2.46. The molecule has 7 heteroatoms. The van der Waals surface area contributed by atoms with Crippen LogP contribution in [0.15, 0.2) is 75.3 Å². The monoisotopic (exact) mass is 470 g/mol. The van der Waals surface area contributed by atoms with Crippen molar-refractivity contribution in [1.29, 1.82) is 0 Å². The van der Waals surface area contributed by atoms with Crippen molar-refractivity contribution >= 4 is 44.7 Å². The van der Waals surface area contributed by atoms with Gasteiger partial charge in [-0.3, -0.25) is 9.69 Å². The van der Waals surface area contributed by atoms with Gasteiger partial charge in [-0.25, -0.2) is 9.79 Å². The fraction of sp³-hybridized carbons (Fsp3) is 0.227. The second-order valence-electron chi connectivity index (χ2n) is 6.88. The highest BCUT2D eigenvalue weighted by molar-refractivity contribution is 9.10. The molecule has 0 saturated carbocycles. The first-order valence-corrected chi connectivity index (χ1v) is 10.9. The van der Waals surface area contributed by atoms with Crippen LogP contribution in [0.5, 0.6) is 0 Å². The molecule has 0 radical (unpaired) electrons. The molecular formula is C22H19BrN2O3S. The molecule has 0 aromatic heterocycles. The summed E-state index contributed by atoms with van der Waals surface area (Å²) in [5.74, 6) is -0.512. The van der Waals surface area contributed by atoms with Crippen molar-refractivity contribution in [2.24, 2.45) is 4.99 Å². The predicted octanol–water partition coefficient (Wildman–Crippen LogP) is 4.84. The number of thioether (sulfide) groups is 1. The maximum absolute atomic E-state index is 13.1. The van der Waals surface area contributed by atoms with Gasteiger partial charge < -0.3 is 4.74 Å². The lowest BCUT2D eigenvalue weighted by atomic mass is 9.94. The van der Waals surface area contributed by atoms with Gasteiger partial charge in [0.05, 0.1) is 22.6 Å². The van der Waals surface area contributed by atoms with Gasteiger partial charge in [-0.1, -0.05) is 70.2 Å². The number of aliphatic imine (C=N–C) groups is 1. The molecule has 148 valence electrons. The molecule has 1 fully saturated rings. The van der Waals surface area contributed by atoms with Crippen molar-refractivity contribution < 1.29 is 14.3 Å². The molecule has 0 unspecified atom stereocenters. The molecule has 2 aromatic rings. The number of carbonyl (C=O) groups excluding carboxylic acids is 2. The van der Waals surface area contributed by atoms with E-state index in [2.05, 4.69) is 20.9 Å². The zero-order chi connectivity index (χ0) is 20.5. The number of carbonyl (C=O) groups is 2. The molecule has 2 heterocycles. The molecule has 4 rings (SSSR count). The Morgan fingerprint density at radius 2 is 1.86 bits per heavy atom. The topological polar surface area (TPSA) is 59.0 Å². The van der Waals surface area contributed by atoms with E-state index in [1.54, 1.807) is 11.8 Å². The summed E-state index contributed by atoms with van der Waals surface area (Å²) in [6.45, 7) is 3.82. The van der Waals surface area contributed by atoms with Gasteiger partial charge in [0.1, 0.15) is 6.61 Å². The number of hydrogen-bond acceptors (Lipinski definition) is 5. The van der Waals surface area contributed by atoms with E-state index in [1.807, 2.05) is 61.5 Å². The predicted molar refractivity (Wildman–Crippen MR) is 117 cm³/mol. The Kier molecular flexibility index (Phi) is 5.61.